The van der Waals surface area contributed by atoms with Gasteiger partial charge in [0.15, 0.2) is 0 Å². The Bertz CT molecular complexity index is 390. The van der Waals surface area contributed by atoms with Gasteiger partial charge in [0.05, 0.1) is 13.2 Å². The molecule has 86 valence electrons. The Morgan fingerprint density at radius 2 is 2.19 bits per heavy atom. The molecule has 0 atom stereocenters. The summed E-state index contributed by atoms with van der Waals surface area (Å²) in [6.07, 6.45) is 0.583. The number of carbonyl (C=O) groups is 1. The lowest BCUT2D eigenvalue weighted by Crippen LogP contribution is -2.25. The number of benzene rings is 1. The largest absolute Gasteiger partial charge is 0.396 e. The quantitative estimate of drug-likeness (QED) is 0.740. The first kappa shape index (κ1) is 11.1. The third-order valence-corrected chi connectivity index (χ3v) is 2.60. The van der Waals surface area contributed by atoms with Gasteiger partial charge in [0.2, 0.25) is 0 Å². The summed E-state index contributed by atoms with van der Waals surface area (Å²) < 4.78 is 5.28. The maximum Gasteiger partial charge on any atom is 0.251 e. The molecule has 1 aliphatic heterocycles. The summed E-state index contributed by atoms with van der Waals surface area (Å²) in [7, 11) is 0. The number of aliphatic hydroxyl groups is 1. The SMILES string of the molecule is O=C(NCCCO)c1ccc2c(c1)COC2. The zero-order valence-corrected chi connectivity index (χ0v) is 9.03. The molecule has 1 aromatic rings. The van der Waals surface area contributed by atoms with Crippen molar-refractivity contribution in [1.29, 1.82) is 0 Å². The van der Waals surface area contributed by atoms with Crippen molar-refractivity contribution < 1.29 is 14.6 Å². The molecule has 0 aromatic heterocycles. The van der Waals surface area contributed by atoms with Gasteiger partial charge >= 0.3 is 0 Å². The first-order chi connectivity index (χ1) is 7.81. The second-order valence-corrected chi connectivity index (χ2v) is 3.81. The van der Waals surface area contributed by atoms with Crippen molar-refractivity contribution in [2.45, 2.75) is 19.6 Å². The summed E-state index contributed by atoms with van der Waals surface area (Å²) in [5.41, 5.74) is 2.91. The van der Waals surface area contributed by atoms with Crippen LogP contribution >= 0.6 is 0 Å². The predicted molar refractivity (Wildman–Crippen MR) is 59.0 cm³/mol. The fourth-order valence-electron chi connectivity index (χ4n) is 1.70. The van der Waals surface area contributed by atoms with Gasteiger partial charge in [0.1, 0.15) is 0 Å². The van der Waals surface area contributed by atoms with Crippen molar-refractivity contribution in [3.8, 4) is 0 Å². The Kier molecular flexibility index (Phi) is 3.54. The van der Waals surface area contributed by atoms with E-state index in [4.69, 9.17) is 9.84 Å². The van der Waals surface area contributed by atoms with Crippen molar-refractivity contribution in [1.82, 2.24) is 5.32 Å². The number of carbonyl (C=O) groups excluding carboxylic acids is 1. The van der Waals surface area contributed by atoms with Crippen LogP contribution in [0.4, 0.5) is 0 Å². The zero-order valence-electron chi connectivity index (χ0n) is 9.03. The molecule has 0 fully saturated rings. The molecule has 2 N–H and O–H groups in total. The molecule has 1 heterocycles. The number of amides is 1. The highest BCUT2D eigenvalue weighted by atomic mass is 16.5. The standard InChI is InChI=1S/C12H15NO3/c14-5-1-4-13-12(15)9-2-3-10-7-16-8-11(10)6-9/h2-3,6,14H,1,4-5,7-8H2,(H,13,15). The highest BCUT2D eigenvalue weighted by Crippen LogP contribution is 2.20. The lowest BCUT2D eigenvalue weighted by atomic mass is 10.1. The second kappa shape index (κ2) is 5.09. The summed E-state index contributed by atoms with van der Waals surface area (Å²) in [5.74, 6) is -0.0943. The molecule has 0 unspecified atom stereocenters. The highest BCUT2D eigenvalue weighted by molar-refractivity contribution is 5.94. The molecular weight excluding hydrogens is 206 g/mol. The minimum atomic E-state index is -0.0943. The monoisotopic (exact) mass is 221 g/mol. The van der Waals surface area contributed by atoms with E-state index in [0.717, 1.165) is 11.1 Å². The van der Waals surface area contributed by atoms with Gasteiger partial charge in [0, 0.05) is 18.7 Å². The number of aliphatic hydroxyl groups excluding tert-OH is 1. The van der Waals surface area contributed by atoms with Gasteiger partial charge < -0.3 is 15.2 Å². The van der Waals surface area contributed by atoms with Gasteiger partial charge in [0.25, 0.3) is 5.91 Å². The van der Waals surface area contributed by atoms with Gasteiger partial charge in [-0.1, -0.05) is 6.07 Å². The first-order valence-corrected chi connectivity index (χ1v) is 5.40. The summed E-state index contributed by atoms with van der Waals surface area (Å²) in [6, 6.07) is 5.61. The minimum absolute atomic E-state index is 0.0943. The summed E-state index contributed by atoms with van der Waals surface area (Å²) in [6.45, 7) is 1.83. The number of rotatable bonds is 4. The molecule has 0 saturated heterocycles. The van der Waals surface area contributed by atoms with E-state index in [1.54, 1.807) is 0 Å². The summed E-state index contributed by atoms with van der Waals surface area (Å²) in [5, 5.41) is 11.4. The van der Waals surface area contributed by atoms with Crippen LogP contribution in [0.25, 0.3) is 0 Å². The number of ether oxygens (including phenoxy) is 1. The van der Waals surface area contributed by atoms with Crippen LogP contribution in [-0.4, -0.2) is 24.2 Å². The fraction of sp³-hybridized carbons (Fsp3) is 0.417. The van der Waals surface area contributed by atoms with E-state index in [9.17, 15) is 4.79 Å². The van der Waals surface area contributed by atoms with Crippen molar-refractivity contribution in [3.05, 3.63) is 34.9 Å². The van der Waals surface area contributed by atoms with Gasteiger partial charge in [-0.3, -0.25) is 4.79 Å². The van der Waals surface area contributed by atoms with E-state index in [-0.39, 0.29) is 12.5 Å². The van der Waals surface area contributed by atoms with Gasteiger partial charge in [-0.25, -0.2) is 0 Å². The lowest BCUT2D eigenvalue weighted by molar-refractivity contribution is 0.0951. The molecular formula is C12H15NO3. The van der Waals surface area contributed by atoms with E-state index in [1.165, 1.54) is 0 Å². The van der Waals surface area contributed by atoms with Crippen LogP contribution in [0.3, 0.4) is 0 Å². The molecule has 1 aliphatic rings. The molecule has 16 heavy (non-hydrogen) atoms. The van der Waals surface area contributed by atoms with Crippen molar-refractivity contribution in [3.63, 3.8) is 0 Å². The molecule has 4 heteroatoms. The number of nitrogens with one attached hydrogen (secondary N) is 1. The normalized spacial score (nSPS) is 13.6. The van der Waals surface area contributed by atoms with Crippen molar-refractivity contribution in [2.75, 3.05) is 13.2 Å². The smallest absolute Gasteiger partial charge is 0.251 e. The third kappa shape index (κ3) is 2.40. The van der Waals surface area contributed by atoms with Crippen LogP contribution in [-0.2, 0) is 18.0 Å². The van der Waals surface area contributed by atoms with Gasteiger partial charge in [-0.05, 0) is 29.7 Å². The van der Waals surface area contributed by atoms with Crippen molar-refractivity contribution >= 4 is 5.91 Å². The van der Waals surface area contributed by atoms with Crippen LogP contribution in [0.2, 0.25) is 0 Å². The van der Waals surface area contributed by atoms with E-state index in [2.05, 4.69) is 5.32 Å². The lowest BCUT2D eigenvalue weighted by Gasteiger charge is -2.05. The minimum Gasteiger partial charge on any atom is -0.396 e. The molecule has 0 saturated carbocycles. The summed E-state index contributed by atoms with van der Waals surface area (Å²) in [4.78, 5) is 11.7. The third-order valence-electron chi connectivity index (χ3n) is 2.60. The number of hydrogen-bond donors (Lipinski definition) is 2. The van der Waals surface area contributed by atoms with Gasteiger partial charge in [-0.2, -0.15) is 0 Å². The highest BCUT2D eigenvalue weighted by Gasteiger charge is 2.13. The maximum absolute atomic E-state index is 11.7. The van der Waals surface area contributed by atoms with Crippen LogP contribution < -0.4 is 5.32 Å². The van der Waals surface area contributed by atoms with E-state index >= 15 is 0 Å². The second-order valence-electron chi connectivity index (χ2n) is 3.81. The molecule has 0 radical (unpaired) electrons. The number of fused-ring (bicyclic) bond motifs is 1. The molecule has 0 bridgehead atoms. The zero-order chi connectivity index (χ0) is 11.4. The Balaban J connectivity index is 2.01. The molecule has 0 aliphatic carbocycles. The van der Waals surface area contributed by atoms with Crippen LogP contribution in [0.1, 0.15) is 27.9 Å². The Hall–Kier alpha value is -1.39. The average molecular weight is 221 g/mol. The van der Waals surface area contributed by atoms with E-state index < -0.39 is 0 Å². The topological polar surface area (TPSA) is 58.6 Å². The number of hydrogen-bond acceptors (Lipinski definition) is 3. The Morgan fingerprint density at radius 3 is 3.00 bits per heavy atom. The summed E-state index contributed by atoms with van der Waals surface area (Å²) >= 11 is 0. The average Bonchev–Trinajstić information content (AvgIpc) is 2.76. The van der Waals surface area contributed by atoms with Crippen LogP contribution in [0, 0.1) is 0 Å². The van der Waals surface area contributed by atoms with E-state index in [1.807, 2.05) is 18.2 Å². The first-order valence-electron chi connectivity index (χ1n) is 5.40. The molecule has 1 aromatic carbocycles. The van der Waals surface area contributed by atoms with Gasteiger partial charge in [-0.15, -0.1) is 0 Å². The fourth-order valence-corrected chi connectivity index (χ4v) is 1.70. The molecule has 2 rings (SSSR count). The Labute approximate surface area is 94.2 Å². The Morgan fingerprint density at radius 1 is 1.38 bits per heavy atom. The molecule has 1 amide bonds. The van der Waals surface area contributed by atoms with E-state index in [0.29, 0.717) is 31.7 Å². The van der Waals surface area contributed by atoms with Crippen molar-refractivity contribution in [2.24, 2.45) is 0 Å². The van der Waals surface area contributed by atoms with Crippen LogP contribution in [0.5, 0.6) is 0 Å². The predicted octanol–water partition coefficient (Wildman–Crippen LogP) is 0.829. The van der Waals surface area contributed by atoms with Crippen LogP contribution in [0.15, 0.2) is 18.2 Å². The molecule has 0 spiro atoms. The molecule has 4 nitrogen and oxygen atoms in total. The maximum atomic E-state index is 11.7.